The second-order valence-corrected chi connectivity index (χ2v) is 3.33. The zero-order chi connectivity index (χ0) is 8.43. The van der Waals surface area contributed by atoms with E-state index in [0.29, 0.717) is 15.9 Å². The van der Waals surface area contributed by atoms with Gasteiger partial charge in [-0.3, -0.25) is 0 Å². The van der Waals surface area contributed by atoms with Gasteiger partial charge in [-0.15, -0.1) is 11.6 Å². The molecule has 0 saturated carbocycles. The van der Waals surface area contributed by atoms with Crippen LogP contribution in [0.3, 0.4) is 0 Å². The summed E-state index contributed by atoms with van der Waals surface area (Å²) in [6.07, 6.45) is 0. The van der Waals surface area contributed by atoms with Crippen molar-refractivity contribution in [2.45, 2.75) is 12.8 Å². The van der Waals surface area contributed by atoms with Crippen molar-refractivity contribution in [3.05, 3.63) is 33.3 Å². The summed E-state index contributed by atoms with van der Waals surface area (Å²) in [7, 11) is 0. The number of aryl methyl sites for hydroxylation is 1. The Balaban J connectivity index is 3.25. The van der Waals surface area contributed by atoms with Crippen molar-refractivity contribution < 1.29 is 0 Å². The minimum atomic E-state index is 0.402. The summed E-state index contributed by atoms with van der Waals surface area (Å²) >= 11 is 17.4. The van der Waals surface area contributed by atoms with Crippen LogP contribution in [0.25, 0.3) is 0 Å². The second kappa shape index (κ2) is 3.66. The molecular weight excluding hydrogens is 202 g/mol. The van der Waals surface area contributed by atoms with Gasteiger partial charge >= 0.3 is 0 Å². The number of rotatable bonds is 1. The van der Waals surface area contributed by atoms with Crippen molar-refractivity contribution in [1.82, 2.24) is 0 Å². The Labute approximate surface area is 81.1 Å². The first-order chi connectivity index (χ1) is 5.16. The number of alkyl halides is 1. The van der Waals surface area contributed by atoms with Crippen LogP contribution in [0.15, 0.2) is 12.1 Å². The van der Waals surface area contributed by atoms with E-state index in [0.717, 1.165) is 11.1 Å². The fourth-order valence-electron chi connectivity index (χ4n) is 0.789. The van der Waals surface area contributed by atoms with Gasteiger partial charge in [-0.25, -0.2) is 0 Å². The average Bonchev–Trinajstić information content (AvgIpc) is 2.01. The van der Waals surface area contributed by atoms with Gasteiger partial charge < -0.3 is 0 Å². The molecule has 0 spiro atoms. The van der Waals surface area contributed by atoms with Crippen LogP contribution >= 0.6 is 34.8 Å². The van der Waals surface area contributed by atoms with E-state index in [-0.39, 0.29) is 0 Å². The molecule has 0 radical (unpaired) electrons. The van der Waals surface area contributed by atoms with Crippen molar-refractivity contribution in [3.8, 4) is 0 Å². The molecule has 0 fully saturated rings. The van der Waals surface area contributed by atoms with E-state index < -0.39 is 0 Å². The average molecular weight is 210 g/mol. The SMILES string of the molecule is Cc1ccc(CCl)c(Cl)c1Cl. The molecule has 3 heteroatoms. The predicted molar refractivity (Wildman–Crippen MR) is 50.8 cm³/mol. The Kier molecular flexibility index (Phi) is 3.06. The lowest BCUT2D eigenvalue weighted by atomic mass is 10.2. The maximum Gasteiger partial charge on any atom is 0.0639 e. The molecule has 0 aliphatic rings. The first kappa shape index (κ1) is 9.18. The van der Waals surface area contributed by atoms with Crippen molar-refractivity contribution >= 4 is 34.8 Å². The van der Waals surface area contributed by atoms with Crippen molar-refractivity contribution in [1.29, 1.82) is 0 Å². The summed E-state index contributed by atoms with van der Waals surface area (Å²) in [6, 6.07) is 3.79. The molecule has 0 aromatic heterocycles. The minimum absolute atomic E-state index is 0.402. The van der Waals surface area contributed by atoms with Crippen molar-refractivity contribution in [2.75, 3.05) is 0 Å². The first-order valence-electron chi connectivity index (χ1n) is 3.16. The van der Waals surface area contributed by atoms with E-state index in [9.17, 15) is 0 Å². The van der Waals surface area contributed by atoms with Gasteiger partial charge in [-0.2, -0.15) is 0 Å². The quantitative estimate of drug-likeness (QED) is 0.613. The summed E-state index contributed by atoms with van der Waals surface area (Å²) < 4.78 is 0. The van der Waals surface area contributed by atoms with Gasteiger partial charge in [0.1, 0.15) is 0 Å². The fraction of sp³-hybridized carbons (Fsp3) is 0.250. The van der Waals surface area contributed by atoms with Crippen LogP contribution in [-0.4, -0.2) is 0 Å². The van der Waals surface area contributed by atoms with Crippen LogP contribution in [0, 0.1) is 6.92 Å². The topological polar surface area (TPSA) is 0 Å². The lowest BCUT2D eigenvalue weighted by Gasteiger charge is -2.03. The maximum atomic E-state index is 5.88. The molecule has 1 rings (SSSR count). The predicted octanol–water partition coefficient (Wildman–Crippen LogP) is 4.04. The van der Waals surface area contributed by atoms with E-state index >= 15 is 0 Å². The molecule has 0 saturated heterocycles. The molecule has 1 aromatic rings. The maximum absolute atomic E-state index is 5.88. The Morgan fingerprint density at radius 3 is 2.36 bits per heavy atom. The highest BCUT2D eigenvalue weighted by Crippen LogP contribution is 2.29. The molecule has 60 valence electrons. The summed E-state index contributed by atoms with van der Waals surface area (Å²) in [6.45, 7) is 1.91. The molecule has 0 aliphatic carbocycles. The molecule has 0 heterocycles. The summed E-state index contributed by atoms with van der Waals surface area (Å²) in [4.78, 5) is 0. The molecule has 0 atom stereocenters. The third-order valence-electron chi connectivity index (χ3n) is 1.50. The Morgan fingerprint density at radius 2 is 1.82 bits per heavy atom. The molecule has 0 N–H and O–H groups in total. The molecule has 0 unspecified atom stereocenters. The molecule has 11 heavy (non-hydrogen) atoms. The summed E-state index contributed by atoms with van der Waals surface area (Å²) in [5.41, 5.74) is 1.86. The Hall–Kier alpha value is 0.0900. The standard InChI is InChI=1S/C8H7Cl3/c1-5-2-3-6(4-9)8(11)7(5)10/h2-3H,4H2,1H3. The van der Waals surface area contributed by atoms with Gasteiger partial charge in [-0.05, 0) is 18.1 Å². The number of hydrogen-bond donors (Lipinski definition) is 0. The van der Waals surface area contributed by atoms with Crippen LogP contribution in [0.1, 0.15) is 11.1 Å². The van der Waals surface area contributed by atoms with Crippen LogP contribution in [-0.2, 0) is 5.88 Å². The van der Waals surface area contributed by atoms with Crippen LogP contribution in [0.4, 0.5) is 0 Å². The fourth-order valence-corrected chi connectivity index (χ4v) is 1.54. The molecule has 0 aliphatic heterocycles. The van der Waals surface area contributed by atoms with E-state index in [1.54, 1.807) is 0 Å². The van der Waals surface area contributed by atoms with Gasteiger partial charge in [0, 0.05) is 5.88 Å². The summed E-state index contributed by atoms with van der Waals surface area (Å²) in [5.74, 6) is 0.402. The second-order valence-electron chi connectivity index (χ2n) is 2.30. The number of benzene rings is 1. The van der Waals surface area contributed by atoms with Crippen molar-refractivity contribution in [3.63, 3.8) is 0 Å². The zero-order valence-electron chi connectivity index (χ0n) is 6.00. The van der Waals surface area contributed by atoms with E-state index in [1.807, 2.05) is 19.1 Å². The smallest absolute Gasteiger partial charge is 0.0639 e. The molecular formula is C8H7Cl3. The molecule has 0 bridgehead atoms. The molecule has 1 aromatic carbocycles. The monoisotopic (exact) mass is 208 g/mol. The first-order valence-corrected chi connectivity index (χ1v) is 4.45. The third kappa shape index (κ3) is 1.81. The van der Waals surface area contributed by atoms with Gasteiger partial charge in [0.25, 0.3) is 0 Å². The van der Waals surface area contributed by atoms with Crippen LogP contribution < -0.4 is 0 Å². The lowest BCUT2D eigenvalue weighted by molar-refractivity contribution is 1.36. The molecule has 0 nitrogen and oxygen atoms in total. The van der Waals surface area contributed by atoms with E-state index in [1.165, 1.54) is 0 Å². The van der Waals surface area contributed by atoms with Gasteiger partial charge in [0.05, 0.1) is 10.0 Å². The highest BCUT2D eigenvalue weighted by molar-refractivity contribution is 6.43. The highest BCUT2D eigenvalue weighted by Gasteiger charge is 2.05. The summed E-state index contributed by atoms with van der Waals surface area (Å²) in [5, 5.41) is 1.17. The van der Waals surface area contributed by atoms with Crippen LogP contribution in [0.2, 0.25) is 10.0 Å². The normalized spacial score (nSPS) is 10.2. The Bertz CT molecular complexity index is 268. The lowest BCUT2D eigenvalue weighted by Crippen LogP contribution is -1.83. The van der Waals surface area contributed by atoms with Gasteiger partial charge in [0.15, 0.2) is 0 Å². The number of halogens is 3. The van der Waals surface area contributed by atoms with Crippen LogP contribution in [0.5, 0.6) is 0 Å². The highest BCUT2D eigenvalue weighted by atomic mass is 35.5. The van der Waals surface area contributed by atoms with Gasteiger partial charge in [-0.1, -0.05) is 35.3 Å². The zero-order valence-corrected chi connectivity index (χ0v) is 8.26. The number of hydrogen-bond acceptors (Lipinski definition) is 0. The third-order valence-corrected chi connectivity index (χ3v) is 2.80. The van der Waals surface area contributed by atoms with E-state index in [2.05, 4.69) is 0 Å². The minimum Gasteiger partial charge on any atom is -0.121 e. The largest absolute Gasteiger partial charge is 0.121 e. The van der Waals surface area contributed by atoms with Crippen molar-refractivity contribution in [2.24, 2.45) is 0 Å². The van der Waals surface area contributed by atoms with Gasteiger partial charge in [0.2, 0.25) is 0 Å². The van der Waals surface area contributed by atoms with E-state index in [4.69, 9.17) is 34.8 Å². The Morgan fingerprint density at radius 1 is 1.18 bits per heavy atom. The molecule has 0 amide bonds.